The van der Waals surface area contributed by atoms with Crippen LogP contribution >= 0.6 is 0 Å². The Hall–Kier alpha value is -0.920. The van der Waals surface area contributed by atoms with Crippen LogP contribution in [0.3, 0.4) is 0 Å². The van der Waals surface area contributed by atoms with Gasteiger partial charge in [0.25, 0.3) is 0 Å². The first-order valence-corrected chi connectivity index (χ1v) is 8.66. The molecule has 1 fully saturated rings. The number of aromatic nitrogens is 2. The Balaban J connectivity index is 2.36. The molecule has 1 aliphatic heterocycles. The van der Waals surface area contributed by atoms with Gasteiger partial charge in [0.05, 0.1) is 11.4 Å². The van der Waals surface area contributed by atoms with E-state index >= 15 is 0 Å². The molecule has 1 saturated heterocycles. The summed E-state index contributed by atoms with van der Waals surface area (Å²) >= 11 is 0. The van der Waals surface area contributed by atoms with E-state index in [-0.39, 0.29) is 6.04 Å². The third-order valence-corrected chi connectivity index (χ3v) is 6.00. The van der Waals surface area contributed by atoms with Crippen LogP contribution in [0.2, 0.25) is 0 Å². The molecule has 7 heteroatoms. The van der Waals surface area contributed by atoms with Crippen molar-refractivity contribution in [3.8, 4) is 0 Å². The summed E-state index contributed by atoms with van der Waals surface area (Å²) in [5.41, 5.74) is 1.18. The van der Waals surface area contributed by atoms with E-state index in [1.807, 2.05) is 6.92 Å². The van der Waals surface area contributed by atoms with Crippen molar-refractivity contribution in [1.82, 2.24) is 19.8 Å². The third kappa shape index (κ3) is 2.89. The first-order valence-electron chi connectivity index (χ1n) is 7.22. The number of aromatic amines is 1. The molecule has 20 heavy (non-hydrogen) atoms. The average molecular weight is 300 g/mol. The zero-order chi connectivity index (χ0) is 14.8. The SMILES string of the molecule is CCCN(C1CCNCC1)S(=O)(=O)c1c(C)n[nH]c1C. The van der Waals surface area contributed by atoms with Gasteiger partial charge in [-0.15, -0.1) is 0 Å². The monoisotopic (exact) mass is 300 g/mol. The van der Waals surface area contributed by atoms with E-state index in [1.165, 1.54) is 0 Å². The van der Waals surface area contributed by atoms with Gasteiger partial charge in [-0.1, -0.05) is 6.92 Å². The van der Waals surface area contributed by atoms with Crippen molar-refractivity contribution in [2.45, 2.75) is 51.0 Å². The molecule has 2 heterocycles. The zero-order valence-corrected chi connectivity index (χ0v) is 13.3. The van der Waals surface area contributed by atoms with Crippen LogP contribution in [0.4, 0.5) is 0 Å². The van der Waals surface area contributed by atoms with E-state index in [2.05, 4.69) is 15.5 Å². The lowest BCUT2D eigenvalue weighted by molar-refractivity contribution is 0.262. The fraction of sp³-hybridized carbons (Fsp3) is 0.769. The highest BCUT2D eigenvalue weighted by atomic mass is 32.2. The van der Waals surface area contributed by atoms with E-state index in [4.69, 9.17) is 0 Å². The van der Waals surface area contributed by atoms with Gasteiger partial charge >= 0.3 is 0 Å². The van der Waals surface area contributed by atoms with Crippen LogP contribution in [0.25, 0.3) is 0 Å². The number of sulfonamides is 1. The van der Waals surface area contributed by atoms with Crippen LogP contribution in [0.1, 0.15) is 37.6 Å². The first kappa shape index (κ1) is 15.5. The van der Waals surface area contributed by atoms with Crippen molar-refractivity contribution in [2.24, 2.45) is 0 Å². The lowest BCUT2D eigenvalue weighted by Crippen LogP contribution is -2.46. The molecule has 0 atom stereocenters. The van der Waals surface area contributed by atoms with Crippen molar-refractivity contribution in [3.05, 3.63) is 11.4 Å². The molecule has 0 aliphatic carbocycles. The van der Waals surface area contributed by atoms with Crippen molar-refractivity contribution in [1.29, 1.82) is 0 Å². The highest BCUT2D eigenvalue weighted by Gasteiger charge is 2.34. The number of nitrogens with zero attached hydrogens (tertiary/aromatic N) is 2. The average Bonchev–Trinajstić information content (AvgIpc) is 2.77. The second-order valence-corrected chi connectivity index (χ2v) is 7.19. The summed E-state index contributed by atoms with van der Waals surface area (Å²) in [6, 6.07) is 0.0925. The van der Waals surface area contributed by atoms with Gasteiger partial charge < -0.3 is 5.32 Å². The molecule has 0 saturated carbocycles. The van der Waals surface area contributed by atoms with E-state index in [0.29, 0.717) is 22.8 Å². The van der Waals surface area contributed by atoms with Gasteiger partial charge in [0.2, 0.25) is 10.0 Å². The third-order valence-electron chi connectivity index (χ3n) is 3.79. The van der Waals surface area contributed by atoms with Crippen molar-refractivity contribution < 1.29 is 8.42 Å². The highest BCUT2D eigenvalue weighted by molar-refractivity contribution is 7.89. The Morgan fingerprint density at radius 2 is 1.95 bits per heavy atom. The topological polar surface area (TPSA) is 78.1 Å². The van der Waals surface area contributed by atoms with Crippen LogP contribution < -0.4 is 5.32 Å². The Labute approximate surface area is 121 Å². The van der Waals surface area contributed by atoms with Crippen LogP contribution in [-0.2, 0) is 10.0 Å². The number of hydrogen-bond acceptors (Lipinski definition) is 4. The number of H-pyrrole nitrogens is 1. The Morgan fingerprint density at radius 1 is 1.30 bits per heavy atom. The summed E-state index contributed by atoms with van der Waals surface area (Å²) < 4.78 is 27.6. The van der Waals surface area contributed by atoms with Crippen LogP contribution in [0.15, 0.2) is 4.90 Å². The zero-order valence-electron chi connectivity index (χ0n) is 12.4. The maximum Gasteiger partial charge on any atom is 0.246 e. The number of rotatable bonds is 5. The number of nitrogens with one attached hydrogen (secondary N) is 2. The standard InChI is InChI=1S/C13H24N4O2S/c1-4-9-17(12-5-7-14-8-6-12)20(18,19)13-10(2)15-16-11(13)3/h12,14H,4-9H2,1-3H3,(H,15,16). The highest BCUT2D eigenvalue weighted by Crippen LogP contribution is 2.26. The molecule has 2 N–H and O–H groups in total. The van der Waals surface area contributed by atoms with Crippen LogP contribution in [0.5, 0.6) is 0 Å². The van der Waals surface area contributed by atoms with Gasteiger partial charge in [0.1, 0.15) is 4.90 Å². The molecule has 1 aromatic heterocycles. The lowest BCUT2D eigenvalue weighted by atomic mass is 10.1. The molecule has 1 aliphatic rings. The van der Waals surface area contributed by atoms with Crippen molar-refractivity contribution in [2.75, 3.05) is 19.6 Å². The predicted molar refractivity (Wildman–Crippen MR) is 78.1 cm³/mol. The minimum absolute atomic E-state index is 0.0925. The molecule has 0 unspecified atom stereocenters. The van der Waals surface area contributed by atoms with E-state index in [9.17, 15) is 8.42 Å². The number of hydrogen-bond donors (Lipinski definition) is 2. The van der Waals surface area contributed by atoms with E-state index in [0.717, 1.165) is 32.4 Å². The molecule has 0 radical (unpaired) electrons. The Morgan fingerprint density at radius 3 is 2.45 bits per heavy atom. The summed E-state index contributed by atoms with van der Waals surface area (Å²) in [6.07, 6.45) is 2.56. The molecule has 0 amide bonds. The number of piperidine rings is 1. The summed E-state index contributed by atoms with van der Waals surface area (Å²) in [6.45, 7) is 7.84. The summed E-state index contributed by atoms with van der Waals surface area (Å²) in [7, 11) is -3.47. The largest absolute Gasteiger partial charge is 0.317 e. The molecule has 114 valence electrons. The normalized spacial score (nSPS) is 17.8. The maximum atomic E-state index is 13.0. The summed E-state index contributed by atoms with van der Waals surface area (Å²) in [4.78, 5) is 0.351. The van der Waals surface area contributed by atoms with Gasteiger partial charge in [-0.3, -0.25) is 5.10 Å². The second-order valence-electron chi connectivity index (χ2n) is 5.36. The quantitative estimate of drug-likeness (QED) is 0.856. The lowest BCUT2D eigenvalue weighted by Gasteiger charge is -2.33. The second kappa shape index (κ2) is 6.24. The Bertz CT molecular complexity index is 527. The summed E-state index contributed by atoms with van der Waals surface area (Å²) in [5, 5.41) is 10.1. The fourth-order valence-corrected chi connectivity index (χ4v) is 4.96. The molecule has 0 spiro atoms. The van der Waals surface area contributed by atoms with Gasteiger partial charge in [-0.05, 0) is 46.2 Å². The maximum absolute atomic E-state index is 13.0. The van der Waals surface area contributed by atoms with Crippen molar-refractivity contribution >= 4 is 10.0 Å². The molecule has 6 nitrogen and oxygen atoms in total. The summed E-state index contributed by atoms with van der Waals surface area (Å²) in [5.74, 6) is 0. The molecular formula is C13H24N4O2S. The fourth-order valence-electron chi connectivity index (χ4n) is 2.85. The van der Waals surface area contributed by atoms with Crippen molar-refractivity contribution in [3.63, 3.8) is 0 Å². The minimum atomic E-state index is -3.47. The van der Waals surface area contributed by atoms with Gasteiger partial charge in [-0.2, -0.15) is 9.40 Å². The van der Waals surface area contributed by atoms with Gasteiger partial charge in [0.15, 0.2) is 0 Å². The van der Waals surface area contributed by atoms with Gasteiger partial charge in [-0.25, -0.2) is 8.42 Å². The molecular weight excluding hydrogens is 276 g/mol. The molecule has 1 aromatic rings. The predicted octanol–water partition coefficient (Wildman–Crippen LogP) is 1.18. The van der Waals surface area contributed by atoms with Gasteiger partial charge in [0, 0.05) is 12.6 Å². The molecule has 0 bridgehead atoms. The van der Waals surface area contributed by atoms with Crippen LogP contribution in [-0.4, -0.2) is 48.6 Å². The van der Waals surface area contributed by atoms with E-state index in [1.54, 1.807) is 18.2 Å². The Kier molecular flexibility index (Phi) is 4.82. The molecule has 0 aromatic carbocycles. The smallest absolute Gasteiger partial charge is 0.246 e. The van der Waals surface area contributed by atoms with E-state index < -0.39 is 10.0 Å². The minimum Gasteiger partial charge on any atom is -0.317 e. The first-order chi connectivity index (χ1) is 9.48. The number of aryl methyl sites for hydroxylation is 2. The molecule has 2 rings (SSSR count). The van der Waals surface area contributed by atoms with Crippen LogP contribution in [0, 0.1) is 13.8 Å².